The molecule has 0 bridgehead atoms. The summed E-state index contributed by atoms with van der Waals surface area (Å²) in [6, 6.07) is 3.84. The van der Waals surface area contributed by atoms with Gasteiger partial charge in [-0.3, -0.25) is 0 Å². The quantitative estimate of drug-likeness (QED) is 0.778. The molecule has 7 heteroatoms. The Kier molecular flexibility index (Phi) is 3.84. The summed E-state index contributed by atoms with van der Waals surface area (Å²) in [7, 11) is 0. The van der Waals surface area contributed by atoms with E-state index in [0.29, 0.717) is 30.1 Å². The van der Waals surface area contributed by atoms with Crippen molar-refractivity contribution in [3.8, 4) is 0 Å². The summed E-state index contributed by atoms with van der Waals surface area (Å²) in [6.07, 6.45) is -2.73. The van der Waals surface area contributed by atoms with Gasteiger partial charge in [-0.2, -0.15) is 13.2 Å². The van der Waals surface area contributed by atoms with E-state index in [0.717, 1.165) is 25.0 Å². The molecule has 1 fully saturated rings. The molecule has 1 aromatic heterocycles. The maximum absolute atomic E-state index is 12.8. The van der Waals surface area contributed by atoms with Crippen LogP contribution in [0.2, 0.25) is 0 Å². The zero-order valence-electron chi connectivity index (χ0n) is 11.2. The lowest BCUT2D eigenvalue weighted by atomic mass is 10.1. The second-order valence-corrected chi connectivity index (χ2v) is 5.34. The van der Waals surface area contributed by atoms with E-state index in [1.807, 2.05) is 4.57 Å². The van der Waals surface area contributed by atoms with Crippen molar-refractivity contribution < 1.29 is 17.9 Å². The van der Waals surface area contributed by atoms with Crippen LogP contribution in [0, 0.1) is 0 Å². The Bertz CT molecular complexity index is 647. The molecule has 1 saturated heterocycles. The van der Waals surface area contributed by atoms with Crippen LogP contribution in [0.25, 0.3) is 11.0 Å². The SMILES string of the molecule is FC(F)(F)c1ccc2c(c1)nc(CCl)n2C1CCOCC1. The monoisotopic (exact) mass is 318 g/mol. The van der Waals surface area contributed by atoms with Crippen molar-refractivity contribution in [2.45, 2.75) is 30.9 Å². The smallest absolute Gasteiger partial charge is 0.381 e. The van der Waals surface area contributed by atoms with Crippen LogP contribution < -0.4 is 0 Å². The normalized spacial score (nSPS) is 17.5. The molecule has 3 nitrogen and oxygen atoms in total. The highest BCUT2D eigenvalue weighted by Crippen LogP contribution is 2.34. The molecule has 2 aromatic rings. The third kappa shape index (κ3) is 2.74. The zero-order chi connectivity index (χ0) is 15.0. The standard InChI is InChI=1S/C14H14ClF3N2O/c15-8-13-19-11-7-9(14(16,17)18)1-2-12(11)20(13)10-3-5-21-6-4-10/h1-2,7,10H,3-6,8H2. The first kappa shape index (κ1) is 14.7. The van der Waals surface area contributed by atoms with Crippen molar-refractivity contribution in [1.29, 1.82) is 0 Å². The number of aromatic nitrogens is 2. The van der Waals surface area contributed by atoms with Crippen LogP contribution in [0.3, 0.4) is 0 Å². The molecule has 0 N–H and O–H groups in total. The van der Waals surface area contributed by atoms with E-state index in [1.54, 1.807) is 0 Å². The summed E-state index contributed by atoms with van der Waals surface area (Å²) in [6.45, 7) is 1.29. The average molecular weight is 319 g/mol. The highest BCUT2D eigenvalue weighted by atomic mass is 35.5. The van der Waals surface area contributed by atoms with E-state index in [-0.39, 0.29) is 11.9 Å². The van der Waals surface area contributed by atoms with Crippen molar-refractivity contribution in [1.82, 2.24) is 9.55 Å². The minimum Gasteiger partial charge on any atom is -0.381 e. The van der Waals surface area contributed by atoms with Crippen LogP contribution >= 0.6 is 11.6 Å². The predicted octanol–water partition coefficient (Wildman–Crippen LogP) is 4.15. The maximum Gasteiger partial charge on any atom is 0.416 e. The molecule has 1 aromatic carbocycles. The lowest BCUT2D eigenvalue weighted by Gasteiger charge is -2.25. The summed E-state index contributed by atoms with van der Waals surface area (Å²) in [5.41, 5.74) is 0.352. The van der Waals surface area contributed by atoms with Crippen LogP contribution in [0.4, 0.5) is 13.2 Å². The van der Waals surface area contributed by atoms with Gasteiger partial charge < -0.3 is 9.30 Å². The van der Waals surface area contributed by atoms with Crippen molar-refractivity contribution >= 4 is 22.6 Å². The van der Waals surface area contributed by atoms with Crippen LogP contribution in [0.5, 0.6) is 0 Å². The van der Waals surface area contributed by atoms with Crippen LogP contribution in [-0.4, -0.2) is 22.8 Å². The molecule has 21 heavy (non-hydrogen) atoms. The third-order valence-corrected chi connectivity index (χ3v) is 4.00. The number of hydrogen-bond donors (Lipinski definition) is 0. The molecule has 3 rings (SSSR count). The van der Waals surface area contributed by atoms with Gasteiger partial charge in [0, 0.05) is 19.3 Å². The Morgan fingerprint density at radius 3 is 2.62 bits per heavy atom. The number of rotatable bonds is 2. The summed E-state index contributed by atoms with van der Waals surface area (Å²) in [5, 5.41) is 0. The second-order valence-electron chi connectivity index (χ2n) is 5.08. The Balaban J connectivity index is 2.10. The highest BCUT2D eigenvalue weighted by molar-refractivity contribution is 6.16. The molecular formula is C14H14ClF3N2O. The molecule has 0 radical (unpaired) electrons. The Morgan fingerprint density at radius 2 is 2.00 bits per heavy atom. The number of imidazole rings is 1. The molecule has 0 spiro atoms. The summed E-state index contributed by atoms with van der Waals surface area (Å²) < 4.78 is 45.6. The summed E-state index contributed by atoms with van der Waals surface area (Å²) in [4.78, 5) is 4.27. The molecule has 0 atom stereocenters. The number of hydrogen-bond acceptors (Lipinski definition) is 2. The van der Waals surface area contributed by atoms with Gasteiger partial charge in [-0.15, -0.1) is 11.6 Å². The van der Waals surface area contributed by atoms with E-state index >= 15 is 0 Å². The second kappa shape index (κ2) is 5.50. The fourth-order valence-corrected chi connectivity index (χ4v) is 2.96. The lowest BCUT2D eigenvalue weighted by Crippen LogP contribution is -2.20. The van der Waals surface area contributed by atoms with Crippen LogP contribution in [-0.2, 0) is 16.8 Å². The van der Waals surface area contributed by atoms with E-state index in [2.05, 4.69) is 4.98 Å². The van der Waals surface area contributed by atoms with Gasteiger partial charge in [0.05, 0.1) is 22.5 Å². The molecule has 114 valence electrons. The van der Waals surface area contributed by atoms with Gasteiger partial charge in [0.2, 0.25) is 0 Å². The number of alkyl halides is 4. The highest BCUT2D eigenvalue weighted by Gasteiger charge is 2.31. The van der Waals surface area contributed by atoms with Crippen LogP contribution in [0.15, 0.2) is 18.2 Å². The minimum atomic E-state index is -4.36. The first-order valence-corrected chi connectivity index (χ1v) is 7.26. The van der Waals surface area contributed by atoms with Crippen LogP contribution in [0.1, 0.15) is 30.3 Å². The number of ether oxygens (including phenoxy) is 1. The largest absolute Gasteiger partial charge is 0.416 e. The van der Waals surface area contributed by atoms with Gasteiger partial charge in [0.1, 0.15) is 5.82 Å². The van der Waals surface area contributed by atoms with E-state index in [1.165, 1.54) is 6.07 Å². The minimum absolute atomic E-state index is 0.174. The Labute approximate surface area is 124 Å². The Morgan fingerprint density at radius 1 is 1.29 bits per heavy atom. The lowest BCUT2D eigenvalue weighted by molar-refractivity contribution is -0.137. The summed E-state index contributed by atoms with van der Waals surface area (Å²) >= 11 is 5.92. The van der Waals surface area contributed by atoms with Crippen molar-refractivity contribution in [2.75, 3.05) is 13.2 Å². The summed E-state index contributed by atoms with van der Waals surface area (Å²) in [5.74, 6) is 0.783. The topological polar surface area (TPSA) is 27.1 Å². The van der Waals surface area contributed by atoms with E-state index in [4.69, 9.17) is 16.3 Å². The van der Waals surface area contributed by atoms with Gasteiger partial charge in [0.25, 0.3) is 0 Å². The first-order chi connectivity index (χ1) is 10.0. The fourth-order valence-electron chi connectivity index (χ4n) is 2.77. The molecule has 0 amide bonds. The molecule has 2 heterocycles. The average Bonchev–Trinajstić information content (AvgIpc) is 2.84. The van der Waals surface area contributed by atoms with E-state index in [9.17, 15) is 13.2 Å². The molecule has 1 aliphatic rings. The number of nitrogens with zero attached hydrogens (tertiary/aromatic N) is 2. The third-order valence-electron chi connectivity index (χ3n) is 3.77. The van der Waals surface area contributed by atoms with Crippen molar-refractivity contribution in [2.24, 2.45) is 0 Å². The number of fused-ring (bicyclic) bond motifs is 1. The zero-order valence-corrected chi connectivity index (χ0v) is 11.9. The van der Waals surface area contributed by atoms with Crippen molar-refractivity contribution in [3.05, 3.63) is 29.6 Å². The van der Waals surface area contributed by atoms with Gasteiger partial charge >= 0.3 is 6.18 Å². The predicted molar refractivity (Wildman–Crippen MR) is 73.4 cm³/mol. The van der Waals surface area contributed by atoms with E-state index < -0.39 is 11.7 Å². The van der Waals surface area contributed by atoms with Gasteiger partial charge in [-0.1, -0.05) is 0 Å². The van der Waals surface area contributed by atoms with Gasteiger partial charge in [-0.25, -0.2) is 4.98 Å². The first-order valence-electron chi connectivity index (χ1n) is 6.72. The molecule has 1 aliphatic heterocycles. The molecular weight excluding hydrogens is 305 g/mol. The maximum atomic E-state index is 12.8. The van der Waals surface area contributed by atoms with Gasteiger partial charge in [-0.05, 0) is 31.0 Å². The number of benzene rings is 1. The Hall–Kier alpha value is -1.27. The molecule has 0 unspecified atom stereocenters. The van der Waals surface area contributed by atoms with Gasteiger partial charge in [0.15, 0.2) is 0 Å². The molecule has 0 saturated carbocycles. The van der Waals surface area contributed by atoms with Crippen molar-refractivity contribution in [3.63, 3.8) is 0 Å². The molecule has 0 aliphatic carbocycles. The fraction of sp³-hybridized carbons (Fsp3) is 0.500. The number of halogens is 4.